The highest BCUT2D eigenvalue weighted by Crippen LogP contribution is 2.10. The van der Waals surface area contributed by atoms with Crippen molar-refractivity contribution in [3.63, 3.8) is 0 Å². The largest absolute Gasteiger partial charge is 0.481 e. The van der Waals surface area contributed by atoms with Crippen LogP contribution in [0, 0.1) is 0 Å². The fraction of sp³-hybridized carbons (Fsp3) is 0.615. The van der Waals surface area contributed by atoms with Gasteiger partial charge in [-0.15, -0.1) is 0 Å². The van der Waals surface area contributed by atoms with Gasteiger partial charge in [-0.3, -0.25) is 4.79 Å². The Bertz CT molecular complexity index is 486. The Labute approximate surface area is 117 Å². The maximum atomic E-state index is 12.1. The minimum absolute atomic E-state index is 0.0245. The van der Waals surface area contributed by atoms with Crippen LogP contribution in [0.2, 0.25) is 0 Å². The molecular weight excluding hydrogens is 260 g/mol. The summed E-state index contributed by atoms with van der Waals surface area (Å²) < 4.78 is 2.04. The number of carboxylic acid groups (broad SMARTS) is 1. The zero-order valence-corrected chi connectivity index (χ0v) is 11.6. The lowest BCUT2D eigenvalue weighted by Crippen LogP contribution is -2.46. The Morgan fingerprint density at radius 3 is 3.05 bits per heavy atom. The summed E-state index contributed by atoms with van der Waals surface area (Å²) in [5, 5.41) is 11.5. The highest BCUT2D eigenvalue weighted by atomic mass is 16.4. The van der Waals surface area contributed by atoms with Crippen molar-refractivity contribution in [2.45, 2.75) is 45.3 Å². The van der Waals surface area contributed by atoms with Gasteiger partial charge in [0.25, 0.3) is 0 Å². The molecule has 0 spiro atoms. The summed E-state index contributed by atoms with van der Waals surface area (Å²) in [6.45, 7) is 3.83. The molecule has 2 N–H and O–H groups in total. The van der Waals surface area contributed by atoms with Gasteiger partial charge >= 0.3 is 12.0 Å². The molecule has 7 nitrogen and oxygen atoms in total. The summed E-state index contributed by atoms with van der Waals surface area (Å²) >= 11 is 0. The van der Waals surface area contributed by atoms with E-state index in [0.29, 0.717) is 25.9 Å². The molecule has 1 aliphatic rings. The summed E-state index contributed by atoms with van der Waals surface area (Å²) in [6, 6.07) is -0.134. The lowest BCUT2D eigenvalue weighted by molar-refractivity contribution is -0.137. The summed E-state index contributed by atoms with van der Waals surface area (Å²) in [7, 11) is 0. The molecule has 2 rings (SSSR count). The van der Waals surface area contributed by atoms with Crippen molar-refractivity contribution in [1.82, 2.24) is 19.8 Å². The molecule has 0 aliphatic carbocycles. The van der Waals surface area contributed by atoms with Crippen LogP contribution in [0.15, 0.2) is 12.4 Å². The normalized spacial score (nSPS) is 15.6. The quantitative estimate of drug-likeness (QED) is 0.844. The molecule has 1 unspecified atom stereocenters. The summed E-state index contributed by atoms with van der Waals surface area (Å²) in [6.07, 6.45) is 5.04. The molecule has 1 aromatic heterocycles. The van der Waals surface area contributed by atoms with Crippen LogP contribution in [0.1, 0.15) is 32.0 Å². The highest BCUT2D eigenvalue weighted by molar-refractivity contribution is 5.74. The predicted molar refractivity (Wildman–Crippen MR) is 72.1 cm³/mol. The minimum Gasteiger partial charge on any atom is -0.481 e. The van der Waals surface area contributed by atoms with Crippen molar-refractivity contribution in [2.24, 2.45) is 0 Å². The van der Waals surface area contributed by atoms with Crippen LogP contribution in [0.3, 0.4) is 0 Å². The number of amides is 2. The average molecular weight is 280 g/mol. The minimum atomic E-state index is -0.800. The van der Waals surface area contributed by atoms with Crippen LogP contribution in [0.25, 0.3) is 0 Å². The first-order chi connectivity index (χ1) is 9.56. The SMILES string of the molecule is CC(CCCC(=O)O)NC(=O)N1CCn2ccnc2C1. The third-order valence-corrected chi connectivity index (χ3v) is 3.43. The number of nitrogens with one attached hydrogen (secondary N) is 1. The third kappa shape index (κ3) is 3.72. The lowest BCUT2D eigenvalue weighted by atomic mass is 10.1. The zero-order valence-electron chi connectivity index (χ0n) is 11.6. The topological polar surface area (TPSA) is 87.5 Å². The second kappa shape index (κ2) is 6.40. The Balaban J connectivity index is 1.76. The van der Waals surface area contributed by atoms with Crippen molar-refractivity contribution in [2.75, 3.05) is 6.54 Å². The van der Waals surface area contributed by atoms with E-state index in [9.17, 15) is 9.59 Å². The molecule has 1 atom stereocenters. The highest BCUT2D eigenvalue weighted by Gasteiger charge is 2.21. The summed E-state index contributed by atoms with van der Waals surface area (Å²) in [5.41, 5.74) is 0. The predicted octanol–water partition coefficient (Wildman–Crippen LogP) is 1.05. The molecule has 0 bridgehead atoms. The average Bonchev–Trinajstić information content (AvgIpc) is 2.85. The van der Waals surface area contributed by atoms with Crippen molar-refractivity contribution in [3.05, 3.63) is 18.2 Å². The number of carboxylic acids is 1. The second-order valence-electron chi connectivity index (χ2n) is 5.09. The molecule has 2 amide bonds. The van der Waals surface area contributed by atoms with E-state index in [0.717, 1.165) is 12.4 Å². The van der Waals surface area contributed by atoms with Gasteiger partial charge in [0.15, 0.2) is 0 Å². The van der Waals surface area contributed by atoms with Crippen LogP contribution in [0.5, 0.6) is 0 Å². The number of fused-ring (bicyclic) bond motifs is 1. The number of hydrogen-bond donors (Lipinski definition) is 2. The second-order valence-corrected chi connectivity index (χ2v) is 5.09. The van der Waals surface area contributed by atoms with Gasteiger partial charge in [0.2, 0.25) is 0 Å². The van der Waals surface area contributed by atoms with Gasteiger partial charge in [-0.1, -0.05) is 0 Å². The molecule has 2 heterocycles. The first-order valence-corrected chi connectivity index (χ1v) is 6.83. The fourth-order valence-electron chi connectivity index (χ4n) is 2.28. The Morgan fingerprint density at radius 1 is 1.50 bits per heavy atom. The standard InChI is InChI=1S/C13H20N4O3/c1-10(3-2-4-12(18)19)15-13(20)17-8-7-16-6-5-14-11(16)9-17/h5-6,10H,2-4,7-9H2,1H3,(H,15,20)(H,18,19). The van der Waals surface area contributed by atoms with Gasteiger partial charge < -0.3 is 19.9 Å². The third-order valence-electron chi connectivity index (χ3n) is 3.43. The van der Waals surface area contributed by atoms with E-state index in [1.807, 2.05) is 17.7 Å². The number of imidazole rings is 1. The van der Waals surface area contributed by atoms with Crippen molar-refractivity contribution >= 4 is 12.0 Å². The fourth-order valence-corrected chi connectivity index (χ4v) is 2.28. The molecule has 0 radical (unpaired) electrons. The number of nitrogens with zero attached hydrogens (tertiary/aromatic N) is 3. The molecular formula is C13H20N4O3. The van der Waals surface area contributed by atoms with Crippen molar-refractivity contribution < 1.29 is 14.7 Å². The van der Waals surface area contributed by atoms with E-state index < -0.39 is 5.97 Å². The van der Waals surface area contributed by atoms with Crippen LogP contribution in [-0.4, -0.2) is 44.1 Å². The number of carbonyl (C=O) groups is 2. The van der Waals surface area contributed by atoms with E-state index in [-0.39, 0.29) is 18.5 Å². The Morgan fingerprint density at radius 2 is 2.30 bits per heavy atom. The van der Waals surface area contributed by atoms with Gasteiger partial charge in [-0.25, -0.2) is 9.78 Å². The number of hydrogen-bond acceptors (Lipinski definition) is 3. The summed E-state index contributed by atoms with van der Waals surface area (Å²) in [4.78, 5) is 28.5. The molecule has 110 valence electrons. The van der Waals surface area contributed by atoms with Crippen molar-refractivity contribution in [3.8, 4) is 0 Å². The monoisotopic (exact) mass is 280 g/mol. The Kier molecular flexibility index (Phi) is 4.60. The van der Waals surface area contributed by atoms with E-state index >= 15 is 0 Å². The number of urea groups is 1. The van der Waals surface area contributed by atoms with Gasteiger partial charge in [0.1, 0.15) is 5.82 Å². The number of carbonyl (C=O) groups excluding carboxylic acids is 1. The first-order valence-electron chi connectivity index (χ1n) is 6.83. The molecule has 0 saturated carbocycles. The zero-order chi connectivity index (χ0) is 14.5. The number of rotatable bonds is 5. The van der Waals surface area contributed by atoms with Crippen LogP contribution >= 0.6 is 0 Å². The van der Waals surface area contributed by atoms with Gasteiger partial charge in [-0.2, -0.15) is 0 Å². The van der Waals surface area contributed by atoms with E-state index in [4.69, 9.17) is 5.11 Å². The van der Waals surface area contributed by atoms with E-state index in [1.165, 1.54) is 0 Å². The maximum absolute atomic E-state index is 12.1. The van der Waals surface area contributed by atoms with Gasteiger partial charge in [0, 0.05) is 37.9 Å². The molecule has 1 aliphatic heterocycles. The van der Waals surface area contributed by atoms with Crippen LogP contribution in [-0.2, 0) is 17.9 Å². The van der Waals surface area contributed by atoms with E-state index in [1.54, 1.807) is 11.1 Å². The lowest BCUT2D eigenvalue weighted by Gasteiger charge is -2.29. The van der Waals surface area contributed by atoms with Gasteiger partial charge in [0.05, 0.1) is 6.54 Å². The molecule has 7 heteroatoms. The van der Waals surface area contributed by atoms with Crippen molar-refractivity contribution in [1.29, 1.82) is 0 Å². The first kappa shape index (κ1) is 14.4. The maximum Gasteiger partial charge on any atom is 0.318 e. The molecule has 1 aromatic rings. The number of aliphatic carboxylic acids is 1. The smallest absolute Gasteiger partial charge is 0.318 e. The molecule has 0 aromatic carbocycles. The van der Waals surface area contributed by atoms with Crippen LogP contribution in [0.4, 0.5) is 4.79 Å². The Hall–Kier alpha value is -2.05. The summed E-state index contributed by atoms with van der Waals surface area (Å²) in [5.74, 6) is 0.0938. The number of aromatic nitrogens is 2. The van der Waals surface area contributed by atoms with Crippen LogP contribution < -0.4 is 5.32 Å². The van der Waals surface area contributed by atoms with E-state index in [2.05, 4.69) is 10.3 Å². The molecule has 0 saturated heterocycles. The molecule has 20 heavy (non-hydrogen) atoms. The molecule has 0 fully saturated rings. The van der Waals surface area contributed by atoms with Gasteiger partial charge in [-0.05, 0) is 19.8 Å².